The minimum absolute atomic E-state index is 0.148. The number of H-pyrrole nitrogens is 1. The van der Waals surface area contributed by atoms with Gasteiger partial charge in [0, 0.05) is 55.1 Å². The molecule has 0 radical (unpaired) electrons. The summed E-state index contributed by atoms with van der Waals surface area (Å²) in [5.41, 5.74) is 8.74. The van der Waals surface area contributed by atoms with Crippen LogP contribution in [-0.4, -0.2) is 64.9 Å². The first-order valence-electron chi connectivity index (χ1n) is 9.80. The third-order valence-corrected chi connectivity index (χ3v) is 5.29. The predicted molar refractivity (Wildman–Crippen MR) is 118 cm³/mol. The molecule has 0 aliphatic carbocycles. The standard InChI is InChI=1S/C22H24N6O2/c1-27-9-11-28(12-10-27)22(30)26-18-7-8-24-21-19(18)16(14-25-21)13-17(20(23)29)15-5-3-2-4-6-15/h2-8,13-14H,9-12H2,1H3,(H2,23,29)(H2,24,25,26,30). The molecule has 3 heterocycles. The topological polar surface area (TPSA) is 107 Å². The summed E-state index contributed by atoms with van der Waals surface area (Å²) in [6.45, 7) is 3.04. The van der Waals surface area contributed by atoms with Crippen LogP contribution in [0, 0.1) is 0 Å². The normalized spacial score (nSPS) is 15.4. The molecule has 0 saturated carbocycles. The van der Waals surface area contributed by atoms with Crippen molar-refractivity contribution in [1.82, 2.24) is 19.8 Å². The van der Waals surface area contributed by atoms with Gasteiger partial charge in [0.2, 0.25) is 5.91 Å². The number of likely N-dealkylation sites (N-methyl/N-ethyl adjacent to an activating group) is 1. The van der Waals surface area contributed by atoms with E-state index in [2.05, 4.69) is 20.2 Å². The number of rotatable bonds is 4. The minimum atomic E-state index is -0.525. The Kier molecular flexibility index (Phi) is 5.49. The van der Waals surface area contributed by atoms with Gasteiger partial charge in [-0.25, -0.2) is 9.78 Å². The molecule has 1 aliphatic rings. The maximum absolute atomic E-state index is 12.8. The number of nitrogens with zero attached hydrogens (tertiary/aromatic N) is 3. The zero-order chi connectivity index (χ0) is 21.1. The predicted octanol–water partition coefficient (Wildman–Crippen LogP) is 2.37. The van der Waals surface area contributed by atoms with Gasteiger partial charge in [0.05, 0.1) is 5.69 Å². The van der Waals surface area contributed by atoms with Gasteiger partial charge in [-0.1, -0.05) is 30.3 Å². The number of carbonyl (C=O) groups is 2. The third kappa shape index (κ3) is 4.04. The molecule has 3 aromatic rings. The molecule has 1 saturated heterocycles. The van der Waals surface area contributed by atoms with Crippen molar-refractivity contribution in [3.05, 3.63) is 59.9 Å². The minimum Gasteiger partial charge on any atom is -0.366 e. The summed E-state index contributed by atoms with van der Waals surface area (Å²) in [4.78, 5) is 36.3. The Bertz CT molecular complexity index is 1100. The van der Waals surface area contributed by atoms with Crippen molar-refractivity contribution >= 4 is 40.3 Å². The van der Waals surface area contributed by atoms with Crippen molar-refractivity contribution in [2.24, 2.45) is 5.73 Å². The molecule has 8 heteroatoms. The molecule has 4 rings (SSSR count). The summed E-state index contributed by atoms with van der Waals surface area (Å²) < 4.78 is 0. The molecular formula is C22H24N6O2. The van der Waals surface area contributed by atoms with Crippen molar-refractivity contribution in [2.45, 2.75) is 0 Å². The Morgan fingerprint density at radius 1 is 1.13 bits per heavy atom. The van der Waals surface area contributed by atoms with Gasteiger partial charge in [-0.05, 0) is 24.8 Å². The second-order valence-electron chi connectivity index (χ2n) is 7.33. The van der Waals surface area contributed by atoms with Crippen LogP contribution in [0.3, 0.4) is 0 Å². The quantitative estimate of drug-likeness (QED) is 0.580. The van der Waals surface area contributed by atoms with Crippen LogP contribution < -0.4 is 11.1 Å². The number of carbonyl (C=O) groups excluding carboxylic acids is 2. The number of aromatic amines is 1. The lowest BCUT2D eigenvalue weighted by molar-refractivity contribution is -0.112. The van der Waals surface area contributed by atoms with Crippen LogP contribution in [0.4, 0.5) is 10.5 Å². The van der Waals surface area contributed by atoms with E-state index in [4.69, 9.17) is 5.73 Å². The van der Waals surface area contributed by atoms with Gasteiger partial charge in [0.15, 0.2) is 0 Å². The highest BCUT2D eigenvalue weighted by molar-refractivity contribution is 6.24. The first-order chi connectivity index (χ1) is 14.5. The van der Waals surface area contributed by atoms with Crippen molar-refractivity contribution in [2.75, 3.05) is 38.5 Å². The van der Waals surface area contributed by atoms with Gasteiger partial charge in [-0.15, -0.1) is 0 Å². The lowest BCUT2D eigenvalue weighted by Gasteiger charge is -2.32. The van der Waals surface area contributed by atoms with E-state index in [0.717, 1.165) is 29.6 Å². The van der Waals surface area contributed by atoms with Gasteiger partial charge in [0.25, 0.3) is 0 Å². The Hall–Kier alpha value is -3.65. The summed E-state index contributed by atoms with van der Waals surface area (Å²) in [7, 11) is 2.04. The fraction of sp³-hybridized carbons (Fsp3) is 0.227. The number of piperazine rings is 1. The first-order valence-corrected chi connectivity index (χ1v) is 9.80. The van der Waals surface area contributed by atoms with Gasteiger partial charge < -0.3 is 25.8 Å². The Morgan fingerprint density at radius 2 is 1.87 bits per heavy atom. The number of nitrogens with one attached hydrogen (secondary N) is 2. The molecule has 8 nitrogen and oxygen atoms in total. The largest absolute Gasteiger partial charge is 0.366 e. The van der Waals surface area contributed by atoms with E-state index in [-0.39, 0.29) is 6.03 Å². The number of pyridine rings is 1. The molecule has 3 amide bonds. The number of hydrogen-bond acceptors (Lipinski definition) is 4. The maximum atomic E-state index is 12.8. The number of aromatic nitrogens is 2. The number of urea groups is 1. The summed E-state index contributed by atoms with van der Waals surface area (Å²) in [5.74, 6) is -0.525. The first kappa shape index (κ1) is 19.7. The van der Waals surface area contributed by atoms with Gasteiger partial charge in [-0.2, -0.15) is 0 Å². The summed E-state index contributed by atoms with van der Waals surface area (Å²) in [6, 6.07) is 10.9. The Morgan fingerprint density at radius 3 is 2.57 bits per heavy atom. The summed E-state index contributed by atoms with van der Waals surface area (Å²) in [5, 5.41) is 3.73. The molecule has 2 aromatic heterocycles. The Balaban J connectivity index is 1.69. The van der Waals surface area contributed by atoms with Crippen molar-refractivity contribution in [3.8, 4) is 0 Å². The fourth-order valence-electron chi connectivity index (χ4n) is 3.57. The number of nitrogens with two attached hydrogens (primary N) is 1. The van der Waals surface area contributed by atoms with Crippen molar-refractivity contribution in [3.63, 3.8) is 0 Å². The molecular weight excluding hydrogens is 380 g/mol. The van der Waals surface area contributed by atoms with E-state index in [1.165, 1.54) is 0 Å². The number of benzene rings is 1. The average molecular weight is 404 g/mol. The molecule has 0 bridgehead atoms. The number of anilines is 1. The lowest BCUT2D eigenvalue weighted by Crippen LogP contribution is -2.48. The molecule has 1 aromatic carbocycles. The van der Waals surface area contributed by atoms with Crippen molar-refractivity contribution in [1.29, 1.82) is 0 Å². The van der Waals surface area contributed by atoms with Crippen LogP contribution in [0.2, 0.25) is 0 Å². The lowest BCUT2D eigenvalue weighted by atomic mass is 10.0. The number of hydrogen-bond donors (Lipinski definition) is 3. The van der Waals surface area contributed by atoms with Crippen LogP contribution in [0.15, 0.2) is 48.8 Å². The molecule has 1 aliphatic heterocycles. The van der Waals surface area contributed by atoms with Gasteiger partial charge >= 0.3 is 6.03 Å². The SMILES string of the molecule is CN1CCN(C(=O)Nc2ccnc3[nH]cc(C=C(C(N)=O)c4ccccc4)c23)CC1. The summed E-state index contributed by atoms with van der Waals surface area (Å²) >= 11 is 0. The van der Waals surface area contributed by atoms with E-state index >= 15 is 0 Å². The molecule has 0 atom stereocenters. The highest BCUT2D eigenvalue weighted by Crippen LogP contribution is 2.29. The second-order valence-corrected chi connectivity index (χ2v) is 7.33. The number of fused-ring (bicyclic) bond motifs is 1. The molecule has 0 unspecified atom stereocenters. The monoisotopic (exact) mass is 404 g/mol. The summed E-state index contributed by atoms with van der Waals surface area (Å²) in [6.07, 6.45) is 5.12. The average Bonchev–Trinajstić information content (AvgIpc) is 3.17. The molecule has 0 spiro atoms. The van der Waals surface area contributed by atoms with E-state index < -0.39 is 5.91 Å². The van der Waals surface area contributed by atoms with E-state index in [1.807, 2.05) is 37.4 Å². The van der Waals surface area contributed by atoms with Gasteiger partial charge in [-0.3, -0.25) is 4.79 Å². The molecule has 1 fully saturated rings. The van der Waals surface area contributed by atoms with E-state index in [0.29, 0.717) is 30.0 Å². The molecule has 30 heavy (non-hydrogen) atoms. The zero-order valence-electron chi connectivity index (χ0n) is 16.8. The molecule has 154 valence electrons. The zero-order valence-corrected chi connectivity index (χ0v) is 16.8. The second kappa shape index (κ2) is 8.38. The van der Waals surface area contributed by atoms with Gasteiger partial charge in [0.1, 0.15) is 5.65 Å². The van der Waals surface area contributed by atoms with Crippen LogP contribution in [-0.2, 0) is 4.79 Å². The van der Waals surface area contributed by atoms with Crippen molar-refractivity contribution < 1.29 is 9.59 Å². The number of amides is 3. The van der Waals surface area contributed by atoms with Crippen LogP contribution in [0.1, 0.15) is 11.1 Å². The van der Waals surface area contributed by atoms with Crippen LogP contribution in [0.5, 0.6) is 0 Å². The van der Waals surface area contributed by atoms with E-state index in [9.17, 15) is 9.59 Å². The highest BCUT2D eigenvalue weighted by atomic mass is 16.2. The third-order valence-electron chi connectivity index (χ3n) is 5.29. The maximum Gasteiger partial charge on any atom is 0.321 e. The van der Waals surface area contributed by atoms with E-state index in [1.54, 1.807) is 29.4 Å². The molecule has 4 N–H and O–H groups in total. The fourth-order valence-corrected chi connectivity index (χ4v) is 3.57. The highest BCUT2D eigenvalue weighted by Gasteiger charge is 2.20. The number of primary amides is 1. The van der Waals surface area contributed by atoms with Crippen LogP contribution in [0.25, 0.3) is 22.7 Å². The smallest absolute Gasteiger partial charge is 0.321 e. The van der Waals surface area contributed by atoms with Crippen LogP contribution >= 0.6 is 0 Å². The Labute approximate surface area is 174 Å².